The summed E-state index contributed by atoms with van der Waals surface area (Å²) in [6.45, 7) is 3.71. The van der Waals surface area contributed by atoms with E-state index < -0.39 is 0 Å². The minimum atomic E-state index is -0.0609. The fraction of sp³-hybridized carbons (Fsp3) is 0.400. The van der Waals surface area contributed by atoms with Crippen molar-refractivity contribution in [2.75, 3.05) is 13.1 Å². The highest BCUT2D eigenvalue weighted by Crippen LogP contribution is 2.26. The van der Waals surface area contributed by atoms with Crippen molar-refractivity contribution in [2.45, 2.75) is 38.6 Å². The maximum Gasteiger partial charge on any atom is 0.250 e. The molecule has 0 saturated carbocycles. The smallest absolute Gasteiger partial charge is 0.250 e. The van der Waals surface area contributed by atoms with E-state index in [1.54, 1.807) is 10.6 Å². The van der Waals surface area contributed by atoms with Crippen LogP contribution in [-0.2, 0) is 11.3 Å². The number of aromatic nitrogens is 4. The minimum Gasteiger partial charge on any atom is -0.342 e. The number of hydrogen-bond donors (Lipinski definition) is 0. The number of carbonyl (C=O) groups is 1. The van der Waals surface area contributed by atoms with Gasteiger partial charge in [0.2, 0.25) is 5.91 Å². The van der Waals surface area contributed by atoms with Crippen LogP contribution in [0.4, 0.5) is 0 Å². The number of fused-ring (bicyclic) bond motifs is 1. The van der Waals surface area contributed by atoms with Crippen LogP contribution < -0.4 is 5.56 Å². The normalized spacial score (nSPS) is 17.4. The average Bonchev–Trinajstić information content (AvgIpc) is 3.12. The summed E-state index contributed by atoms with van der Waals surface area (Å²) in [5, 5.41) is 8.59. The van der Waals surface area contributed by atoms with Crippen molar-refractivity contribution in [3.63, 3.8) is 0 Å². The first-order chi connectivity index (χ1) is 13.1. The Morgan fingerprint density at radius 3 is 2.93 bits per heavy atom. The molecule has 1 amide bonds. The zero-order chi connectivity index (χ0) is 18.8. The molecule has 0 radical (unpaired) electrons. The second kappa shape index (κ2) is 7.34. The molecule has 140 valence electrons. The average molecular weight is 365 g/mol. The van der Waals surface area contributed by atoms with Crippen LogP contribution in [0.25, 0.3) is 5.65 Å². The topological polar surface area (TPSA) is 72.5 Å². The number of piperidine rings is 1. The lowest BCUT2D eigenvalue weighted by Gasteiger charge is -2.32. The largest absolute Gasteiger partial charge is 0.342 e. The number of pyridine rings is 2. The zero-order valence-corrected chi connectivity index (χ0v) is 15.4. The van der Waals surface area contributed by atoms with E-state index in [2.05, 4.69) is 10.2 Å². The van der Waals surface area contributed by atoms with Crippen LogP contribution in [-0.4, -0.2) is 43.1 Å². The van der Waals surface area contributed by atoms with Gasteiger partial charge in [-0.1, -0.05) is 12.1 Å². The van der Waals surface area contributed by atoms with Crippen LogP contribution in [0, 0.1) is 6.92 Å². The van der Waals surface area contributed by atoms with Gasteiger partial charge >= 0.3 is 0 Å². The number of hydrogen-bond acceptors (Lipinski definition) is 4. The molecule has 4 heterocycles. The highest BCUT2D eigenvalue weighted by atomic mass is 16.2. The molecule has 3 aromatic heterocycles. The number of aryl methyl sites for hydroxylation is 1. The fourth-order valence-electron chi connectivity index (χ4n) is 3.83. The number of amides is 1. The van der Waals surface area contributed by atoms with E-state index in [1.807, 2.05) is 46.7 Å². The van der Waals surface area contributed by atoms with Gasteiger partial charge in [0.1, 0.15) is 5.82 Å². The van der Waals surface area contributed by atoms with Gasteiger partial charge in [-0.2, -0.15) is 0 Å². The van der Waals surface area contributed by atoms with Crippen molar-refractivity contribution in [1.29, 1.82) is 0 Å². The lowest BCUT2D eigenvalue weighted by atomic mass is 9.97. The van der Waals surface area contributed by atoms with Crippen LogP contribution >= 0.6 is 0 Å². The number of nitrogens with zero attached hydrogens (tertiary/aromatic N) is 5. The number of likely N-dealkylation sites (tertiary alicyclic amines) is 1. The molecule has 1 saturated heterocycles. The Morgan fingerprint density at radius 1 is 1.19 bits per heavy atom. The van der Waals surface area contributed by atoms with Crippen LogP contribution in [0.1, 0.15) is 36.7 Å². The second-order valence-corrected chi connectivity index (χ2v) is 7.07. The Balaban J connectivity index is 1.45. The molecule has 0 bridgehead atoms. The Kier molecular flexibility index (Phi) is 4.75. The fourth-order valence-corrected chi connectivity index (χ4v) is 3.83. The summed E-state index contributed by atoms with van der Waals surface area (Å²) in [6, 6.07) is 11.0. The molecule has 0 aliphatic carbocycles. The van der Waals surface area contributed by atoms with Gasteiger partial charge in [0.15, 0.2) is 5.65 Å². The van der Waals surface area contributed by atoms with Gasteiger partial charge in [-0.25, -0.2) is 0 Å². The molecule has 7 nitrogen and oxygen atoms in total. The van der Waals surface area contributed by atoms with Gasteiger partial charge in [-0.15, -0.1) is 10.2 Å². The maximum absolute atomic E-state index is 12.7. The van der Waals surface area contributed by atoms with Gasteiger partial charge in [0, 0.05) is 49.9 Å². The van der Waals surface area contributed by atoms with Crippen molar-refractivity contribution < 1.29 is 4.79 Å². The summed E-state index contributed by atoms with van der Waals surface area (Å²) in [4.78, 5) is 26.6. The summed E-state index contributed by atoms with van der Waals surface area (Å²) >= 11 is 0. The number of rotatable bonds is 4. The van der Waals surface area contributed by atoms with Gasteiger partial charge in [-0.3, -0.25) is 14.0 Å². The highest BCUT2D eigenvalue weighted by Gasteiger charge is 2.27. The van der Waals surface area contributed by atoms with E-state index in [9.17, 15) is 9.59 Å². The van der Waals surface area contributed by atoms with Crippen molar-refractivity contribution in [1.82, 2.24) is 24.1 Å². The first kappa shape index (κ1) is 17.5. The van der Waals surface area contributed by atoms with Gasteiger partial charge in [0.25, 0.3) is 5.56 Å². The lowest BCUT2D eigenvalue weighted by Crippen LogP contribution is -2.40. The van der Waals surface area contributed by atoms with Crippen molar-refractivity contribution in [2.24, 2.45) is 0 Å². The summed E-state index contributed by atoms with van der Waals surface area (Å²) in [5.74, 6) is 1.18. The van der Waals surface area contributed by atoms with Crippen molar-refractivity contribution >= 4 is 11.6 Å². The van der Waals surface area contributed by atoms with E-state index in [0.29, 0.717) is 19.5 Å². The van der Waals surface area contributed by atoms with Gasteiger partial charge in [-0.05, 0) is 38.0 Å². The summed E-state index contributed by atoms with van der Waals surface area (Å²) in [6.07, 6.45) is 4.24. The summed E-state index contributed by atoms with van der Waals surface area (Å²) in [5.41, 5.74) is 1.64. The molecule has 7 heteroatoms. The molecule has 1 fully saturated rings. The third kappa shape index (κ3) is 3.49. The van der Waals surface area contributed by atoms with Crippen molar-refractivity contribution in [3.8, 4) is 0 Å². The SMILES string of the molecule is Cc1cccc(=O)n1CCC(=O)N1CCC[C@H](c2nnc3ccccn23)C1. The monoisotopic (exact) mass is 365 g/mol. The van der Waals surface area contributed by atoms with Crippen LogP contribution in [0.5, 0.6) is 0 Å². The van der Waals surface area contributed by atoms with Crippen molar-refractivity contribution in [3.05, 3.63) is 64.5 Å². The molecular formula is C20H23N5O2. The Morgan fingerprint density at radius 2 is 2.07 bits per heavy atom. The molecule has 0 spiro atoms. The van der Waals surface area contributed by atoms with E-state index in [-0.39, 0.29) is 17.4 Å². The first-order valence-electron chi connectivity index (χ1n) is 9.37. The van der Waals surface area contributed by atoms with Crippen LogP contribution in [0.3, 0.4) is 0 Å². The molecule has 0 N–H and O–H groups in total. The lowest BCUT2D eigenvalue weighted by molar-refractivity contribution is -0.132. The Hall–Kier alpha value is -2.96. The molecule has 0 unspecified atom stereocenters. The predicted molar refractivity (Wildman–Crippen MR) is 102 cm³/mol. The molecule has 4 rings (SSSR count). The third-order valence-corrected chi connectivity index (χ3v) is 5.30. The van der Waals surface area contributed by atoms with E-state index in [0.717, 1.165) is 36.6 Å². The molecule has 3 aromatic rings. The van der Waals surface area contributed by atoms with E-state index in [4.69, 9.17) is 0 Å². The third-order valence-electron chi connectivity index (χ3n) is 5.30. The second-order valence-electron chi connectivity index (χ2n) is 7.07. The Labute approximate surface area is 157 Å². The zero-order valence-electron chi connectivity index (χ0n) is 15.4. The molecule has 27 heavy (non-hydrogen) atoms. The summed E-state index contributed by atoms with van der Waals surface area (Å²) in [7, 11) is 0. The van der Waals surface area contributed by atoms with E-state index in [1.165, 1.54) is 6.07 Å². The molecule has 1 aliphatic rings. The maximum atomic E-state index is 12.7. The molecular weight excluding hydrogens is 342 g/mol. The molecule has 1 aliphatic heterocycles. The van der Waals surface area contributed by atoms with Gasteiger partial charge < -0.3 is 9.47 Å². The highest BCUT2D eigenvalue weighted by molar-refractivity contribution is 5.76. The van der Waals surface area contributed by atoms with E-state index >= 15 is 0 Å². The predicted octanol–water partition coefficient (Wildman–Crippen LogP) is 2.00. The van der Waals surface area contributed by atoms with Gasteiger partial charge in [0.05, 0.1) is 0 Å². The molecule has 0 aromatic carbocycles. The summed E-state index contributed by atoms with van der Waals surface area (Å²) < 4.78 is 3.66. The molecule has 1 atom stereocenters. The quantitative estimate of drug-likeness (QED) is 0.709. The van der Waals surface area contributed by atoms with Crippen LogP contribution in [0.15, 0.2) is 47.4 Å². The van der Waals surface area contributed by atoms with Crippen LogP contribution in [0.2, 0.25) is 0 Å². The first-order valence-corrected chi connectivity index (χ1v) is 9.37. The standard InChI is InChI=1S/C20H23N5O2/c1-15-6-4-9-19(27)24(15)13-10-18(26)23-11-5-7-16(14-23)20-22-21-17-8-2-3-12-25(17)20/h2-4,6,8-9,12,16H,5,7,10-11,13-14H2,1H3/t16-/m0/s1. The minimum absolute atomic E-state index is 0.0609. The Bertz CT molecular complexity index is 1020. The number of carbonyl (C=O) groups excluding carboxylic acids is 1.